The van der Waals surface area contributed by atoms with E-state index < -0.39 is 84.4 Å². The van der Waals surface area contributed by atoms with Crippen LogP contribution in [-0.4, -0.2) is 124 Å². The van der Waals surface area contributed by atoms with Crippen molar-refractivity contribution in [3.05, 3.63) is 95.6 Å². The maximum absolute atomic E-state index is 13.8. The Bertz CT molecular complexity index is 2000. The Labute approximate surface area is 365 Å². The van der Waals surface area contributed by atoms with Crippen LogP contribution in [0.3, 0.4) is 0 Å². The van der Waals surface area contributed by atoms with Gasteiger partial charge in [-0.25, -0.2) is 4.79 Å². The zero-order valence-corrected chi connectivity index (χ0v) is 35.0. The van der Waals surface area contributed by atoms with E-state index in [0.29, 0.717) is 49.0 Å². The van der Waals surface area contributed by atoms with Crippen molar-refractivity contribution in [2.75, 3.05) is 19.7 Å². The summed E-state index contributed by atoms with van der Waals surface area (Å²) in [4.78, 5) is 93.3. The average molecular weight is 875 g/mol. The minimum absolute atomic E-state index is 0.0178. The number of amides is 6. The van der Waals surface area contributed by atoms with Crippen molar-refractivity contribution in [2.45, 2.75) is 101 Å². The molecule has 1 heterocycles. The van der Waals surface area contributed by atoms with Crippen molar-refractivity contribution in [1.29, 1.82) is 0 Å². The first-order valence-corrected chi connectivity index (χ1v) is 20.9. The fourth-order valence-corrected chi connectivity index (χ4v) is 6.83. The van der Waals surface area contributed by atoms with Gasteiger partial charge in [-0.05, 0) is 93.1 Å². The van der Waals surface area contributed by atoms with Crippen LogP contribution in [0.5, 0.6) is 11.5 Å². The smallest absolute Gasteiger partial charge is 0.326 e. The number of nitrogens with one attached hydrogen (secondary N) is 7. The summed E-state index contributed by atoms with van der Waals surface area (Å²) in [7, 11) is 0. The fraction of sp³-hybridized carbons (Fsp3) is 0.432. The molecule has 0 aliphatic carbocycles. The maximum atomic E-state index is 13.8. The average Bonchev–Trinajstić information content (AvgIpc) is 3.82. The quantitative estimate of drug-likeness (QED) is 0.0482. The van der Waals surface area contributed by atoms with Gasteiger partial charge in [-0.1, -0.05) is 54.6 Å². The number of benzene rings is 3. The first-order valence-electron chi connectivity index (χ1n) is 20.9. The van der Waals surface area contributed by atoms with Gasteiger partial charge in [0.25, 0.3) is 0 Å². The van der Waals surface area contributed by atoms with Crippen molar-refractivity contribution < 1.29 is 54.0 Å². The van der Waals surface area contributed by atoms with Gasteiger partial charge in [0.15, 0.2) is 0 Å². The second-order valence-electron chi connectivity index (χ2n) is 15.4. The zero-order valence-electron chi connectivity index (χ0n) is 35.0. The molecule has 340 valence electrons. The molecule has 1 fully saturated rings. The zero-order chi connectivity index (χ0) is 45.9. The predicted molar refractivity (Wildman–Crippen MR) is 230 cm³/mol. The van der Waals surface area contributed by atoms with E-state index in [2.05, 4.69) is 37.2 Å². The number of carbonyl (C=O) groups is 7. The fourth-order valence-electron chi connectivity index (χ4n) is 6.83. The molecule has 19 nitrogen and oxygen atoms in total. The highest BCUT2D eigenvalue weighted by Gasteiger charge is 2.33. The van der Waals surface area contributed by atoms with Crippen LogP contribution in [-0.2, 0) is 52.8 Å². The van der Waals surface area contributed by atoms with Crippen LogP contribution in [0.1, 0.15) is 55.7 Å². The minimum Gasteiger partial charge on any atom is -0.508 e. The number of carboxylic acid groups (broad SMARTS) is 1. The summed E-state index contributed by atoms with van der Waals surface area (Å²) in [5.41, 5.74) is 7.44. The molecule has 0 bridgehead atoms. The van der Waals surface area contributed by atoms with Gasteiger partial charge in [-0.3, -0.25) is 28.8 Å². The highest BCUT2D eigenvalue weighted by Crippen LogP contribution is 2.15. The van der Waals surface area contributed by atoms with Gasteiger partial charge in [0.2, 0.25) is 35.4 Å². The molecule has 0 spiro atoms. The Hall–Kier alpha value is -6.57. The number of aliphatic hydroxyl groups excluding tert-OH is 1. The number of unbranched alkanes of at least 4 members (excludes halogenated alkanes) is 1. The molecule has 4 rings (SSSR count). The Balaban J connectivity index is 1.43. The topological polar surface area (TPSA) is 311 Å². The van der Waals surface area contributed by atoms with Crippen LogP contribution in [0, 0.1) is 0 Å². The molecule has 3 aromatic carbocycles. The summed E-state index contributed by atoms with van der Waals surface area (Å²) in [6.45, 7) is 1.37. The summed E-state index contributed by atoms with van der Waals surface area (Å²) < 4.78 is 0. The second kappa shape index (κ2) is 24.8. The molecule has 13 N–H and O–H groups in total. The molecular weight excluding hydrogens is 817 g/mol. The van der Waals surface area contributed by atoms with E-state index in [9.17, 15) is 54.0 Å². The highest BCUT2D eigenvalue weighted by atomic mass is 16.4. The standard InChI is InChI=1S/C44H58N8O11/c1-26(47-40(58)33(10-5-6-20-45)48-41(59)35(23-28-12-16-30(54)17-13-28)49-39(57)32-11-7-21-46-32)38(56)52-37(25-53)43(61)50-34(22-27-8-3-2-4-9-27)42(60)51-36(44(62)63)24-29-14-18-31(55)19-15-29/h2-4,8-9,12-19,26,32-37,46,53-55H,5-7,10-11,20-25,45H2,1H3,(H,47,58)(H,48,59)(H,49,57)(H,50,61)(H,51,60)(H,52,56)(H,62,63)/t26-,32-,33-,34-,35-,36-,37-/m0/s1. The first kappa shape index (κ1) is 49.1. The largest absolute Gasteiger partial charge is 0.508 e. The number of phenolic OH excluding ortho intramolecular Hbond substituents is 2. The van der Waals surface area contributed by atoms with E-state index in [-0.39, 0.29) is 43.1 Å². The van der Waals surface area contributed by atoms with E-state index in [0.717, 1.165) is 6.42 Å². The Morgan fingerprint density at radius 2 is 1.10 bits per heavy atom. The van der Waals surface area contributed by atoms with Gasteiger partial charge < -0.3 is 63.4 Å². The molecular formula is C44H58N8O11. The summed E-state index contributed by atoms with van der Waals surface area (Å²) in [6, 6.07) is 11.9. The number of hydrogen-bond acceptors (Lipinski definition) is 12. The Morgan fingerprint density at radius 1 is 0.619 bits per heavy atom. The van der Waals surface area contributed by atoms with E-state index in [1.165, 1.54) is 43.3 Å². The normalized spacial score (nSPS) is 16.2. The van der Waals surface area contributed by atoms with Gasteiger partial charge in [0, 0.05) is 19.3 Å². The van der Waals surface area contributed by atoms with Gasteiger partial charge >= 0.3 is 5.97 Å². The molecule has 6 amide bonds. The number of phenols is 2. The van der Waals surface area contributed by atoms with Crippen LogP contribution in [0.4, 0.5) is 0 Å². The van der Waals surface area contributed by atoms with E-state index in [1.54, 1.807) is 42.5 Å². The van der Waals surface area contributed by atoms with Gasteiger partial charge in [0.05, 0.1) is 12.6 Å². The lowest BCUT2D eigenvalue weighted by Gasteiger charge is -2.26. The van der Waals surface area contributed by atoms with E-state index in [1.807, 2.05) is 0 Å². The van der Waals surface area contributed by atoms with Crippen LogP contribution in [0.25, 0.3) is 0 Å². The van der Waals surface area contributed by atoms with Crippen LogP contribution < -0.4 is 43.0 Å². The number of aromatic hydroxyl groups is 2. The Morgan fingerprint density at radius 3 is 1.62 bits per heavy atom. The number of aliphatic carboxylic acids is 1. The molecule has 1 aliphatic heterocycles. The summed E-state index contributed by atoms with van der Waals surface area (Å²) in [5.74, 6) is -5.89. The third-order valence-electron chi connectivity index (χ3n) is 10.4. The van der Waals surface area contributed by atoms with Crippen molar-refractivity contribution in [2.24, 2.45) is 5.73 Å². The number of nitrogens with two attached hydrogens (primary N) is 1. The number of carboxylic acids is 1. The van der Waals surface area contributed by atoms with Gasteiger partial charge in [0.1, 0.15) is 47.8 Å². The maximum Gasteiger partial charge on any atom is 0.326 e. The molecule has 3 aromatic rings. The number of rotatable bonds is 24. The summed E-state index contributed by atoms with van der Waals surface area (Å²) in [6.07, 6.45) is 2.25. The van der Waals surface area contributed by atoms with Gasteiger partial charge in [-0.2, -0.15) is 0 Å². The lowest BCUT2D eigenvalue weighted by molar-refractivity contribution is -0.142. The number of aliphatic hydroxyl groups is 1. The highest BCUT2D eigenvalue weighted by molar-refractivity contribution is 5.97. The summed E-state index contributed by atoms with van der Waals surface area (Å²) >= 11 is 0. The molecule has 1 saturated heterocycles. The van der Waals surface area contributed by atoms with Gasteiger partial charge in [-0.15, -0.1) is 0 Å². The second-order valence-corrected chi connectivity index (χ2v) is 15.4. The molecule has 63 heavy (non-hydrogen) atoms. The van der Waals surface area contributed by atoms with Crippen LogP contribution >= 0.6 is 0 Å². The molecule has 0 saturated carbocycles. The van der Waals surface area contributed by atoms with Crippen molar-refractivity contribution in [3.63, 3.8) is 0 Å². The minimum atomic E-state index is -1.62. The number of hydrogen-bond donors (Lipinski definition) is 12. The SMILES string of the molecule is C[C@H](NC(=O)[C@H](CCCCN)NC(=O)[C@H](Cc1ccc(O)cc1)NC(=O)[C@@H]1CCCN1)C(=O)N[C@@H](CO)C(=O)N[C@@H](Cc1ccccc1)C(=O)N[C@@H](Cc1ccc(O)cc1)C(=O)O. The third kappa shape index (κ3) is 16.0. The lowest BCUT2D eigenvalue weighted by atomic mass is 10.0. The Kier molecular flexibility index (Phi) is 19.3. The molecule has 0 unspecified atom stereocenters. The molecule has 0 aromatic heterocycles. The van der Waals surface area contributed by atoms with Crippen molar-refractivity contribution in [1.82, 2.24) is 37.2 Å². The van der Waals surface area contributed by atoms with Crippen molar-refractivity contribution in [3.8, 4) is 11.5 Å². The first-order chi connectivity index (χ1) is 30.2. The third-order valence-corrected chi connectivity index (χ3v) is 10.4. The molecule has 1 aliphatic rings. The van der Waals surface area contributed by atoms with Crippen LogP contribution in [0.15, 0.2) is 78.9 Å². The predicted octanol–water partition coefficient (Wildman–Crippen LogP) is -0.988. The lowest BCUT2D eigenvalue weighted by Crippen LogP contribution is -2.60. The number of carbonyl (C=O) groups excluding carboxylic acids is 6. The molecule has 7 atom stereocenters. The van der Waals surface area contributed by atoms with E-state index >= 15 is 0 Å². The molecule has 0 radical (unpaired) electrons. The molecule has 19 heteroatoms. The van der Waals surface area contributed by atoms with Crippen LogP contribution in [0.2, 0.25) is 0 Å². The van der Waals surface area contributed by atoms with Crippen molar-refractivity contribution >= 4 is 41.4 Å². The summed E-state index contributed by atoms with van der Waals surface area (Å²) in [5, 5.41) is 57.9. The monoisotopic (exact) mass is 874 g/mol. The van der Waals surface area contributed by atoms with E-state index in [4.69, 9.17) is 5.73 Å².